The maximum absolute atomic E-state index is 12.4. The van der Waals surface area contributed by atoms with Crippen molar-refractivity contribution in [1.82, 2.24) is 9.80 Å². The topological polar surface area (TPSA) is 59.1 Å². The van der Waals surface area contributed by atoms with Crippen molar-refractivity contribution in [2.75, 3.05) is 40.5 Å². The molecule has 0 aromatic heterocycles. The van der Waals surface area contributed by atoms with Crippen molar-refractivity contribution in [3.05, 3.63) is 0 Å². The fourth-order valence-corrected chi connectivity index (χ4v) is 2.29. The number of methoxy groups -OCH3 is 2. The minimum absolute atomic E-state index is 0.0703. The van der Waals surface area contributed by atoms with Gasteiger partial charge in [-0.1, -0.05) is 0 Å². The lowest BCUT2D eigenvalue weighted by Gasteiger charge is -2.33. The van der Waals surface area contributed by atoms with Crippen molar-refractivity contribution in [3.63, 3.8) is 0 Å². The van der Waals surface area contributed by atoms with Crippen molar-refractivity contribution >= 4 is 11.9 Å². The Morgan fingerprint density at radius 1 is 1.00 bits per heavy atom. The predicted octanol–water partition coefficient (Wildman–Crippen LogP) is 1.14. The van der Waals surface area contributed by atoms with Crippen molar-refractivity contribution in [2.24, 2.45) is 0 Å². The smallest absolute Gasteiger partial charge is 0.306 e. The number of carbonyl (C=O) groups is 2. The van der Waals surface area contributed by atoms with E-state index in [1.165, 1.54) is 7.11 Å². The Morgan fingerprint density at radius 3 is 2.00 bits per heavy atom. The highest BCUT2D eigenvalue weighted by molar-refractivity contribution is 5.79. The van der Waals surface area contributed by atoms with Gasteiger partial charge in [0, 0.05) is 32.3 Å². The zero-order valence-electron chi connectivity index (χ0n) is 14.2. The van der Waals surface area contributed by atoms with Crippen LogP contribution in [0.1, 0.15) is 34.1 Å². The Labute approximate surface area is 128 Å². The highest BCUT2D eigenvalue weighted by atomic mass is 16.5. The molecule has 0 radical (unpaired) electrons. The van der Waals surface area contributed by atoms with Crippen LogP contribution in [0.2, 0.25) is 0 Å². The van der Waals surface area contributed by atoms with Gasteiger partial charge < -0.3 is 14.4 Å². The molecular formula is C15H30N2O4. The standard InChI is InChI=1S/C15H30N2O4/c1-12(2)17(13(3)4)14(18)11-16(9-10-20-5)8-7-15(19)21-6/h12-13H,7-11H2,1-6H3. The number of hydrogen-bond donors (Lipinski definition) is 0. The molecule has 0 bridgehead atoms. The molecule has 0 aromatic rings. The first-order valence-corrected chi connectivity index (χ1v) is 7.42. The minimum Gasteiger partial charge on any atom is -0.469 e. The molecule has 0 N–H and O–H groups in total. The van der Waals surface area contributed by atoms with Gasteiger partial charge in [-0.3, -0.25) is 14.5 Å². The minimum atomic E-state index is -0.269. The largest absolute Gasteiger partial charge is 0.469 e. The lowest BCUT2D eigenvalue weighted by molar-refractivity contribution is -0.142. The normalized spacial score (nSPS) is 11.3. The Bertz CT molecular complexity index is 311. The monoisotopic (exact) mass is 302 g/mol. The maximum Gasteiger partial charge on any atom is 0.306 e. The Kier molecular flexibility index (Phi) is 9.99. The molecule has 0 saturated heterocycles. The molecule has 0 unspecified atom stereocenters. The molecule has 0 heterocycles. The maximum atomic E-state index is 12.4. The van der Waals surface area contributed by atoms with E-state index < -0.39 is 0 Å². The Morgan fingerprint density at radius 2 is 1.57 bits per heavy atom. The van der Waals surface area contributed by atoms with Crippen LogP contribution in [0.15, 0.2) is 0 Å². The van der Waals surface area contributed by atoms with Gasteiger partial charge in [-0.15, -0.1) is 0 Å². The van der Waals surface area contributed by atoms with Gasteiger partial charge in [0.25, 0.3) is 0 Å². The number of nitrogens with zero attached hydrogens (tertiary/aromatic N) is 2. The van der Waals surface area contributed by atoms with Crippen LogP contribution in [-0.4, -0.2) is 74.2 Å². The van der Waals surface area contributed by atoms with E-state index in [0.717, 1.165) is 0 Å². The molecule has 0 aliphatic rings. The molecule has 0 saturated carbocycles. The zero-order valence-corrected chi connectivity index (χ0v) is 14.2. The van der Waals surface area contributed by atoms with E-state index in [1.807, 2.05) is 37.5 Å². The molecule has 6 nitrogen and oxygen atoms in total. The average Bonchev–Trinajstić information content (AvgIpc) is 2.40. The van der Waals surface area contributed by atoms with Crippen molar-refractivity contribution in [3.8, 4) is 0 Å². The van der Waals surface area contributed by atoms with E-state index in [-0.39, 0.29) is 36.9 Å². The van der Waals surface area contributed by atoms with Crippen LogP contribution in [0, 0.1) is 0 Å². The van der Waals surface area contributed by atoms with Crippen LogP contribution < -0.4 is 0 Å². The lowest BCUT2D eigenvalue weighted by Crippen LogP contribution is -2.48. The van der Waals surface area contributed by atoms with Gasteiger partial charge in [-0.05, 0) is 27.7 Å². The average molecular weight is 302 g/mol. The summed E-state index contributed by atoms with van der Waals surface area (Å²) in [5, 5.41) is 0. The summed E-state index contributed by atoms with van der Waals surface area (Å²) in [6.07, 6.45) is 0.275. The van der Waals surface area contributed by atoms with Gasteiger partial charge in [-0.25, -0.2) is 0 Å². The molecular weight excluding hydrogens is 272 g/mol. The highest BCUT2D eigenvalue weighted by Crippen LogP contribution is 2.07. The highest BCUT2D eigenvalue weighted by Gasteiger charge is 2.22. The van der Waals surface area contributed by atoms with E-state index in [0.29, 0.717) is 19.7 Å². The number of esters is 1. The summed E-state index contributed by atoms with van der Waals surface area (Å²) in [5.74, 6) is -0.199. The van der Waals surface area contributed by atoms with Crippen molar-refractivity contribution in [2.45, 2.75) is 46.2 Å². The third-order valence-corrected chi connectivity index (χ3v) is 3.23. The molecule has 21 heavy (non-hydrogen) atoms. The van der Waals surface area contributed by atoms with Crippen LogP contribution in [-0.2, 0) is 19.1 Å². The summed E-state index contributed by atoms with van der Waals surface area (Å²) in [4.78, 5) is 27.5. The fraction of sp³-hybridized carbons (Fsp3) is 0.867. The summed E-state index contributed by atoms with van der Waals surface area (Å²) in [6, 6.07) is 0.310. The zero-order chi connectivity index (χ0) is 16.4. The van der Waals surface area contributed by atoms with Gasteiger partial charge in [0.15, 0.2) is 0 Å². The summed E-state index contributed by atoms with van der Waals surface area (Å²) in [6.45, 7) is 9.94. The number of carbonyl (C=O) groups excluding carboxylic acids is 2. The quantitative estimate of drug-likeness (QED) is 0.566. The summed E-state index contributed by atoms with van der Waals surface area (Å²) in [7, 11) is 2.99. The summed E-state index contributed by atoms with van der Waals surface area (Å²) in [5.41, 5.74) is 0. The van der Waals surface area contributed by atoms with Gasteiger partial charge in [0.2, 0.25) is 5.91 Å². The number of hydrogen-bond acceptors (Lipinski definition) is 5. The Balaban J connectivity index is 4.62. The SMILES string of the molecule is COCCN(CCC(=O)OC)CC(=O)N(C(C)C)C(C)C. The summed E-state index contributed by atoms with van der Waals surface area (Å²) < 4.78 is 9.70. The van der Waals surface area contributed by atoms with E-state index in [2.05, 4.69) is 4.74 Å². The molecule has 0 aliphatic heterocycles. The molecule has 0 aliphatic carbocycles. The predicted molar refractivity (Wildman–Crippen MR) is 82.1 cm³/mol. The lowest BCUT2D eigenvalue weighted by atomic mass is 10.2. The Hall–Kier alpha value is -1.14. The van der Waals surface area contributed by atoms with Gasteiger partial charge in [-0.2, -0.15) is 0 Å². The van der Waals surface area contributed by atoms with Gasteiger partial charge in [0.05, 0.1) is 26.7 Å². The van der Waals surface area contributed by atoms with Gasteiger partial charge >= 0.3 is 5.97 Å². The van der Waals surface area contributed by atoms with Crippen LogP contribution in [0.3, 0.4) is 0 Å². The first-order chi connectivity index (χ1) is 9.83. The molecule has 0 spiro atoms. The second-order valence-corrected chi connectivity index (χ2v) is 5.58. The third-order valence-electron chi connectivity index (χ3n) is 3.23. The van der Waals surface area contributed by atoms with Gasteiger partial charge in [0.1, 0.15) is 0 Å². The molecule has 0 fully saturated rings. The molecule has 0 rings (SSSR count). The van der Waals surface area contributed by atoms with Crippen molar-refractivity contribution in [1.29, 1.82) is 0 Å². The number of amides is 1. The third kappa shape index (κ3) is 8.02. The van der Waals surface area contributed by atoms with E-state index in [1.54, 1.807) is 7.11 Å². The first kappa shape index (κ1) is 19.9. The molecule has 0 atom stereocenters. The molecule has 124 valence electrons. The van der Waals surface area contributed by atoms with Crippen LogP contribution in [0.5, 0.6) is 0 Å². The second kappa shape index (κ2) is 10.6. The molecule has 6 heteroatoms. The van der Waals surface area contributed by atoms with Crippen molar-refractivity contribution < 1.29 is 19.1 Å². The van der Waals surface area contributed by atoms with Crippen LogP contribution in [0.4, 0.5) is 0 Å². The van der Waals surface area contributed by atoms with E-state index >= 15 is 0 Å². The summed E-state index contributed by atoms with van der Waals surface area (Å²) >= 11 is 0. The van der Waals surface area contributed by atoms with E-state index in [4.69, 9.17) is 4.74 Å². The second-order valence-electron chi connectivity index (χ2n) is 5.58. The van der Waals surface area contributed by atoms with E-state index in [9.17, 15) is 9.59 Å². The number of rotatable bonds is 10. The molecule has 1 amide bonds. The number of ether oxygens (including phenoxy) is 2. The first-order valence-electron chi connectivity index (χ1n) is 7.42. The fourth-order valence-electron chi connectivity index (χ4n) is 2.29. The van der Waals surface area contributed by atoms with Crippen LogP contribution >= 0.6 is 0 Å². The van der Waals surface area contributed by atoms with Crippen LogP contribution in [0.25, 0.3) is 0 Å². The molecule has 0 aromatic carbocycles.